The molecule has 1 aromatic rings. The molecule has 0 radical (unpaired) electrons. The van der Waals surface area contributed by atoms with Crippen molar-refractivity contribution in [1.82, 2.24) is 4.98 Å². The maximum absolute atomic E-state index is 6.09. The Morgan fingerprint density at radius 3 is 2.50 bits per heavy atom. The summed E-state index contributed by atoms with van der Waals surface area (Å²) >= 11 is 6.09. The summed E-state index contributed by atoms with van der Waals surface area (Å²) in [5.41, 5.74) is 0. The molecule has 1 aliphatic carbocycles. The van der Waals surface area contributed by atoms with E-state index < -0.39 is 0 Å². The molecule has 0 spiro atoms. The van der Waals surface area contributed by atoms with Crippen LogP contribution in [0.5, 0.6) is 0 Å². The second-order valence-electron chi connectivity index (χ2n) is 4.52. The number of pyridine rings is 1. The van der Waals surface area contributed by atoms with Crippen LogP contribution in [-0.4, -0.2) is 11.0 Å². The van der Waals surface area contributed by atoms with Gasteiger partial charge in [0, 0.05) is 12.2 Å². The number of nitrogens with zero attached hydrogens (tertiary/aromatic N) is 1. The van der Waals surface area contributed by atoms with Gasteiger partial charge >= 0.3 is 0 Å². The van der Waals surface area contributed by atoms with Crippen molar-refractivity contribution in [2.75, 3.05) is 5.32 Å². The first kappa shape index (κ1) is 11.7. The summed E-state index contributed by atoms with van der Waals surface area (Å²) in [4.78, 5) is 4.28. The van der Waals surface area contributed by atoms with Crippen LogP contribution in [0, 0.1) is 0 Å². The molecule has 16 heavy (non-hydrogen) atoms. The third kappa shape index (κ3) is 3.38. The first-order chi connectivity index (χ1) is 7.86. The van der Waals surface area contributed by atoms with E-state index in [1.165, 1.54) is 44.9 Å². The average molecular weight is 239 g/mol. The molecular weight excluding hydrogens is 220 g/mol. The Hall–Kier alpha value is -0.760. The molecule has 88 valence electrons. The molecule has 0 unspecified atom stereocenters. The van der Waals surface area contributed by atoms with Crippen molar-refractivity contribution in [3.8, 4) is 0 Å². The van der Waals surface area contributed by atoms with Gasteiger partial charge in [0.05, 0.1) is 5.02 Å². The maximum Gasteiger partial charge on any atom is 0.144 e. The third-order valence-corrected chi connectivity index (χ3v) is 3.51. The first-order valence-electron chi connectivity index (χ1n) is 6.23. The van der Waals surface area contributed by atoms with Gasteiger partial charge in [-0.3, -0.25) is 0 Å². The molecule has 0 aromatic carbocycles. The molecule has 0 amide bonds. The molecule has 1 aromatic heterocycles. The molecule has 0 aliphatic heterocycles. The van der Waals surface area contributed by atoms with Crippen LogP contribution in [-0.2, 0) is 0 Å². The molecule has 1 aliphatic rings. The molecule has 1 saturated carbocycles. The van der Waals surface area contributed by atoms with Crippen molar-refractivity contribution < 1.29 is 0 Å². The highest BCUT2D eigenvalue weighted by Crippen LogP contribution is 2.23. The molecule has 1 N–H and O–H groups in total. The van der Waals surface area contributed by atoms with Gasteiger partial charge in [0.1, 0.15) is 5.82 Å². The van der Waals surface area contributed by atoms with Gasteiger partial charge in [-0.1, -0.05) is 43.7 Å². The fourth-order valence-corrected chi connectivity index (χ4v) is 2.46. The molecule has 2 rings (SSSR count). The van der Waals surface area contributed by atoms with Gasteiger partial charge in [-0.25, -0.2) is 4.98 Å². The van der Waals surface area contributed by atoms with Gasteiger partial charge in [-0.05, 0) is 25.0 Å². The second-order valence-corrected chi connectivity index (χ2v) is 4.93. The van der Waals surface area contributed by atoms with Crippen molar-refractivity contribution in [2.24, 2.45) is 0 Å². The van der Waals surface area contributed by atoms with Crippen molar-refractivity contribution in [2.45, 2.75) is 51.0 Å². The van der Waals surface area contributed by atoms with E-state index in [1.54, 1.807) is 6.20 Å². The first-order valence-corrected chi connectivity index (χ1v) is 6.61. The number of hydrogen-bond acceptors (Lipinski definition) is 2. The number of rotatable bonds is 2. The van der Waals surface area contributed by atoms with Crippen LogP contribution in [0.3, 0.4) is 0 Å². The van der Waals surface area contributed by atoms with Crippen LogP contribution in [0.25, 0.3) is 0 Å². The maximum atomic E-state index is 6.09. The zero-order chi connectivity index (χ0) is 11.2. The molecule has 0 saturated heterocycles. The van der Waals surface area contributed by atoms with E-state index in [4.69, 9.17) is 11.6 Å². The standard InChI is InChI=1S/C13H19ClN2/c14-12-9-6-10-15-13(12)16-11-7-4-2-1-3-5-8-11/h6,9-11H,1-5,7-8H2,(H,15,16). The molecule has 0 atom stereocenters. The van der Waals surface area contributed by atoms with Crippen molar-refractivity contribution in [1.29, 1.82) is 0 Å². The zero-order valence-corrected chi connectivity index (χ0v) is 10.3. The Labute approximate surface area is 102 Å². The normalized spacial score (nSPS) is 18.8. The van der Waals surface area contributed by atoms with Gasteiger partial charge in [0.25, 0.3) is 0 Å². The molecular formula is C13H19ClN2. The van der Waals surface area contributed by atoms with Crippen molar-refractivity contribution in [3.05, 3.63) is 23.4 Å². The largest absolute Gasteiger partial charge is 0.366 e. The summed E-state index contributed by atoms with van der Waals surface area (Å²) in [7, 11) is 0. The summed E-state index contributed by atoms with van der Waals surface area (Å²) < 4.78 is 0. The SMILES string of the molecule is Clc1cccnc1NC1CCCCCCC1. The Morgan fingerprint density at radius 1 is 1.12 bits per heavy atom. The van der Waals surface area contributed by atoms with Crippen LogP contribution in [0.1, 0.15) is 44.9 Å². The Kier molecular flexibility index (Phi) is 4.46. The van der Waals surface area contributed by atoms with E-state index in [1.807, 2.05) is 12.1 Å². The number of halogens is 1. The Morgan fingerprint density at radius 2 is 1.81 bits per heavy atom. The third-order valence-electron chi connectivity index (χ3n) is 3.20. The molecule has 1 fully saturated rings. The predicted molar refractivity (Wildman–Crippen MR) is 69.0 cm³/mol. The van der Waals surface area contributed by atoms with Crippen LogP contribution >= 0.6 is 11.6 Å². The number of anilines is 1. The Balaban J connectivity index is 1.94. The zero-order valence-electron chi connectivity index (χ0n) is 9.58. The lowest BCUT2D eigenvalue weighted by atomic mass is 9.97. The van der Waals surface area contributed by atoms with Crippen LogP contribution in [0.15, 0.2) is 18.3 Å². The van der Waals surface area contributed by atoms with E-state index in [0.29, 0.717) is 6.04 Å². The monoisotopic (exact) mass is 238 g/mol. The smallest absolute Gasteiger partial charge is 0.144 e. The summed E-state index contributed by atoms with van der Waals surface area (Å²) in [6.45, 7) is 0. The number of hydrogen-bond donors (Lipinski definition) is 1. The summed E-state index contributed by atoms with van der Waals surface area (Å²) in [6, 6.07) is 4.30. The fraction of sp³-hybridized carbons (Fsp3) is 0.615. The summed E-state index contributed by atoms with van der Waals surface area (Å²) in [5, 5.41) is 4.20. The van der Waals surface area contributed by atoms with Crippen molar-refractivity contribution in [3.63, 3.8) is 0 Å². The second kappa shape index (κ2) is 6.09. The number of aromatic nitrogens is 1. The lowest BCUT2D eigenvalue weighted by molar-refractivity contribution is 0.471. The van der Waals surface area contributed by atoms with Crippen LogP contribution < -0.4 is 5.32 Å². The van der Waals surface area contributed by atoms with E-state index in [2.05, 4.69) is 10.3 Å². The van der Waals surface area contributed by atoms with Gasteiger partial charge < -0.3 is 5.32 Å². The molecule has 0 bridgehead atoms. The van der Waals surface area contributed by atoms with Crippen LogP contribution in [0.4, 0.5) is 5.82 Å². The lowest BCUT2D eigenvalue weighted by Gasteiger charge is -2.21. The van der Waals surface area contributed by atoms with Gasteiger partial charge in [-0.2, -0.15) is 0 Å². The minimum Gasteiger partial charge on any atom is -0.366 e. The summed E-state index contributed by atoms with van der Waals surface area (Å²) in [5.74, 6) is 0.842. The quantitative estimate of drug-likeness (QED) is 0.833. The highest BCUT2D eigenvalue weighted by atomic mass is 35.5. The minimum absolute atomic E-state index is 0.549. The number of nitrogens with one attached hydrogen (secondary N) is 1. The van der Waals surface area contributed by atoms with E-state index in [-0.39, 0.29) is 0 Å². The van der Waals surface area contributed by atoms with E-state index >= 15 is 0 Å². The molecule has 3 heteroatoms. The van der Waals surface area contributed by atoms with E-state index in [0.717, 1.165) is 10.8 Å². The van der Waals surface area contributed by atoms with Gasteiger partial charge in [-0.15, -0.1) is 0 Å². The average Bonchev–Trinajstić information content (AvgIpc) is 2.24. The Bertz CT molecular complexity index is 319. The fourth-order valence-electron chi connectivity index (χ4n) is 2.29. The highest BCUT2D eigenvalue weighted by Gasteiger charge is 2.12. The minimum atomic E-state index is 0.549. The van der Waals surface area contributed by atoms with Gasteiger partial charge in [0.2, 0.25) is 0 Å². The highest BCUT2D eigenvalue weighted by molar-refractivity contribution is 6.32. The lowest BCUT2D eigenvalue weighted by Crippen LogP contribution is -2.21. The predicted octanol–water partition coefficient (Wildman–Crippen LogP) is 4.26. The van der Waals surface area contributed by atoms with Crippen LogP contribution in [0.2, 0.25) is 5.02 Å². The molecule has 1 heterocycles. The summed E-state index contributed by atoms with van der Waals surface area (Å²) in [6.07, 6.45) is 11.1. The van der Waals surface area contributed by atoms with Crippen molar-refractivity contribution >= 4 is 17.4 Å². The van der Waals surface area contributed by atoms with Gasteiger partial charge in [0.15, 0.2) is 0 Å². The molecule has 2 nitrogen and oxygen atoms in total. The topological polar surface area (TPSA) is 24.9 Å². The van der Waals surface area contributed by atoms with E-state index in [9.17, 15) is 0 Å².